The number of rotatable bonds is 5. The molecule has 1 fully saturated rings. The SMILES string of the molecule is CC1(C)NC(=O)c2ccc(Nc3cc([C@@H]4CC[C@H](Oc5cccnc5)C4)[nH]n3)cc21. The number of pyridine rings is 1. The van der Waals surface area contributed by atoms with Gasteiger partial charge in [-0.05, 0) is 69.0 Å². The van der Waals surface area contributed by atoms with Gasteiger partial charge >= 0.3 is 0 Å². The third kappa shape index (κ3) is 3.51. The molecule has 30 heavy (non-hydrogen) atoms. The highest BCUT2D eigenvalue weighted by molar-refractivity contribution is 6.00. The molecule has 1 amide bonds. The van der Waals surface area contributed by atoms with Gasteiger partial charge in [0.2, 0.25) is 0 Å². The van der Waals surface area contributed by atoms with Crippen LogP contribution in [0.3, 0.4) is 0 Å². The maximum Gasteiger partial charge on any atom is 0.252 e. The minimum Gasteiger partial charge on any atom is -0.489 e. The van der Waals surface area contributed by atoms with Crippen molar-refractivity contribution in [3.8, 4) is 5.75 Å². The molecule has 0 unspecified atom stereocenters. The van der Waals surface area contributed by atoms with Gasteiger partial charge in [-0.2, -0.15) is 5.10 Å². The summed E-state index contributed by atoms with van der Waals surface area (Å²) in [5, 5.41) is 14.0. The highest BCUT2D eigenvalue weighted by Crippen LogP contribution is 2.37. The van der Waals surface area contributed by atoms with Gasteiger partial charge in [-0.15, -0.1) is 0 Å². The number of fused-ring (bicyclic) bond motifs is 1. The van der Waals surface area contributed by atoms with Crippen molar-refractivity contribution in [3.63, 3.8) is 0 Å². The molecule has 2 aromatic heterocycles. The van der Waals surface area contributed by atoms with Gasteiger partial charge in [0.05, 0.1) is 17.8 Å². The second-order valence-electron chi connectivity index (χ2n) is 8.61. The molecule has 0 bridgehead atoms. The number of anilines is 2. The summed E-state index contributed by atoms with van der Waals surface area (Å²) in [5.41, 5.74) is 3.40. The van der Waals surface area contributed by atoms with Crippen molar-refractivity contribution < 1.29 is 9.53 Å². The summed E-state index contributed by atoms with van der Waals surface area (Å²) in [6.07, 6.45) is 6.74. The van der Waals surface area contributed by atoms with Crippen molar-refractivity contribution in [1.29, 1.82) is 0 Å². The molecular formula is C23H25N5O2. The standard InChI is InChI=1S/C23H25N5O2/c1-23(2)19-11-15(6-8-18(19)22(29)26-23)25-21-12-20(27-28-21)14-5-7-16(10-14)30-17-4-3-9-24-13-17/h3-4,6,8-9,11-14,16H,5,7,10H2,1-2H3,(H,26,29)(H2,25,27,28)/t14-,16+/m1/s1. The molecule has 0 radical (unpaired) electrons. The van der Waals surface area contributed by atoms with Crippen LogP contribution in [0, 0.1) is 0 Å². The highest BCUT2D eigenvalue weighted by Gasteiger charge is 2.35. The number of hydrogen-bond acceptors (Lipinski definition) is 5. The van der Waals surface area contributed by atoms with Crippen LogP contribution in [0.1, 0.15) is 60.6 Å². The first kappa shape index (κ1) is 18.7. The molecule has 154 valence electrons. The first-order valence-corrected chi connectivity index (χ1v) is 10.3. The van der Waals surface area contributed by atoms with Crippen LogP contribution in [0.5, 0.6) is 5.75 Å². The third-order valence-corrected chi connectivity index (χ3v) is 6.00. The second-order valence-corrected chi connectivity index (χ2v) is 8.61. The van der Waals surface area contributed by atoms with E-state index >= 15 is 0 Å². The van der Waals surface area contributed by atoms with E-state index in [2.05, 4.69) is 31.9 Å². The van der Waals surface area contributed by atoms with Crippen LogP contribution >= 0.6 is 0 Å². The Morgan fingerprint density at radius 3 is 2.93 bits per heavy atom. The largest absolute Gasteiger partial charge is 0.489 e. The Hall–Kier alpha value is -3.35. The molecule has 3 heterocycles. The average Bonchev–Trinajstić information content (AvgIpc) is 3.42. The van der Waals surface area contributed by atoms with E-state index in [4.69, 9.17) is 4.74 Å². The lowest BCUT2D eigenvalue weighted by molar-refractivity contribution is 0.0940. The van der Waals surface area contributed by atoms with Crippen LogP contribution in [0.25, 0.3) is 0 Å². The van der Waals surface area contributed by atoms with Crippen molar-refractivity contribution in [2.24, 2.45) is 0 Å². The molecule has 2 atom stereocenters. The number of carbonyl (C=O) groups excluding carboxylic acids is 1. The summed E-state index contributed by atoms with van der Waals surface area (Å²) in [6.45, 7) is 4.02. The molecule has 1 saturated carbocycles. The van der Waals surface area contributed by atoms with E-state index in [1.807, 2.05) is 44.2 Å². The molecule has 3 N–H and O–H groups in total. The summed E-state index contributed by atoms with van der Waals surface area (Å²) < 4.78 is 6.05. The van der Waals surface area contributed by atoms with Gasteiger partial charge in [0.1, 0.15) is 5.75 Å². The van der Waals surface area contributed by atoms with E-state index in [0.29, 0.717) is 5.92 Å². The lowest BCUT2D eigenvalue weighted by atomic mass is 9.94. The van der Waals surface area contributed by atoms with Gasteiger partial charge in [-0.3, -0.25) is 14.9 Å². The fraction of sp³-hybridized carbons (Fsp3) is 0.348. The van der Waals surface area contributed by atoms with Gasteiger partial charge < -0.3 is 15.4 Å². The predicted molar refractivity (Wildman–Crippen MR) is 114 cm³/mol. The molecule has 0 spiro atoms. The molecule has 5 rings (SSSR count). The Bertz CT molecular complexity index is 1080. The normalized spacial score (nSPS) is 21.9. The second kappa shape index (κ2) is 7.16. The van der Waals surface area contributed by atoms with Crippen LogP contribution < -0.4 is 15.4 Å². The Kier molecular flexibility index (Phi) is 4.46. The smallest absolute Gasteiger partial charge is 0.252 e. The van der Waals surface area contributed by atoms with Gasteiger partial charge in [-0.25, -0.2) is 0 Å². The first-order valence-electron chi connectivity index (χ1n) is 10.3. The maximum absolute atomic E-state index is 12.1. The van der Waals surface area contributed by atoms with Gasteiger partial charge in [0.15, 0.2) is 5.82 Å². The van der Waals surface area contributed by atoms with Crippen LogP contribution in [0.15, 0.2) is 48.8 Å². The summed E-state index contributed by atoms with van der Waals surface area (Å²) in [6, 6.07) is 11.7. The van der Waals surface area contributed by atoms with E-state index in [1.165, 1.54) is 0 Å². The quantitative estimate of drug-likeness (QED) is 0.593. The van der Waals surface area contributed by atoms with Crippen LogP contribution in [-0.2, 0) is 5.54 Å². The molecule has 7 nitrogen and oxygen atoms in total. The Morgan fingerprint density at radius 2 is 2.10 bits per heavy atom. The van der Waals surface area contributed by atoms with Gasteiger partial charge in [0.25, 0.3) is 5.91 Å². The zero-order valence-corrected chi connectivity index (χ0v) is 17.1. The lowest BCUT2D eigenvalue weighted by Crippen LogP contribution is -2.32. The fourth-order valence-electron chi connectivity index (χ4n) is 4.45. The molecule has 3 aromatic rings. The Labute approximate surface area is 175 Å². The van der Waals surface area contributed by atoms with Crippen molar-refractivity contribution in [1.82, 2.24) is 20.5 Å². The number of nitrogens with one attached hydrogen (secondary N) is 3. The third-order valence-electron chi connectivity index (χ3n) is 6.00. The summed E-state index contributed by atoms with van der Waals surface area (Å²) in [4.78, 5) is 16.2. The van der Waals surface area contributed by atoms with Crippen molar-refractivity contribution in [3.05, 3.63) is 65.6 Å². The molecule has 1 aliphatic carbocycles. The molecule has 1 aliphatic heterocycles. The summed E-state index contributed by atoms with van der Waals surface area (Å²) >= 11 is 0. The van der Waals surface area contributed by atoms with Crippen LogP contribution in [-0.4, -0.2) is 27.2 Å². The molecular weight excluding hydrogens is 378 g/mol. The maximum atomic E-state index is 12.1. The number of amides is 1. The fourth-order valence-corrected chi connectivity index (χ4v) is 4.45. The number of nitrogens with zero attached hydrogens (tertiary/aromatic N) is 2. The molecule has 7 heteroatoms. The number of carbonyl (C=O) groups is 1. The number of aromatic amines is 1. The monoisotopic (exact) mass is 403 g/mol. The number of aromatic nitrogens is 3. The van der Waals surface area contributed by atoms with E-state index < -0.39 is 0 Å². The predicted octanol–water partition coefficient (Wildman–Crippen LogP) is 4.24. The number of benzene rings is 1. The number of ether oxygens (including phenoxy) is 1. The van der Waals surface area contributed by atoms with E-state index in [9.17, 15) is 4.79 Å². The van der Waals surface area contributed by atoms with Crippen molar-refractivity contribution in [2.75, 3.05) is 5.32 Å². The van der Waals surface area contributed by atoms with E-state index in [0.717, 1.165) is 53.3 Å². The van der Waals surface area contributed by atoms with Gasteiger partial charge in [-0.1, -0.05) is 0 Å². The highest BCUT2D eigenvalue weighted by atomic mass is 16.5. The molecule has 1 aromatic carbocycles. The Morgan fingerprint density at radius 1 is 1.20 bits per heavy atom. The Balaban J connectivity index is 1.25. The van der Waals surface area contributed by atoms with Crippen molar-refractivity contribution in [2.45, 2.75) is 50.7 Å². The molecule has 2 aliphatic rings. The van der Waals surface area contributed by atoms with Gasteiger partial charge in [0, 0.05) is 35.1 Å². The minimum atomic E-state index is -0.367. The number of hydrogen-bond donors (Lipinski definition) is 3. The summed E-state index contributed by atoms with van der Waals surface area (Å²) in [7, 11) is 0. The molecule has 0 saturated heterocycles. The number of H-pyrrole nitrogens is 1. The zero-order chi connectivity index (χ0) is 20.7. The van der Waals surface area contributed by atoms with Crippen LogP contribution in [0.2, 0.25) is 0 Å². The zero-order valence-electron chi connectivity index (χ0n) is 17.1. The van der Waals surface area contributed by atoms with Crippen molar-refractivity contribution >= 4 is 17.4 Å². The van der Waals surface area contributed by atoms with E-state index in [-0.39, 0.29) is 17.6 Å². The topological polar surface area (TPSA) is 91.9 Å². The lowest BCUT2D eigenvalue weighted by Gasteiger charge is -2.19. The average molecular weight is 403 g/mol. The van der Waals surface area contributed by atoms with E-state index in [1.54, 1.807) is 12.4 Å². The minimum absolute atomic E-state index is 0.0205. The first-order chi connectivity index (χ1) is 14.5. The van der Waals surface area contributed by atoms with Crippen LogP contribution in [0.4, 0.5) is 11.5 Å². The summed E-state index contributed by atoms with van der Waals surface area (Å²) in [5.74, 6) is 1.97.